The van der Waals surface area contributed by atoms with Crippen LogP contribution in [0.2, 0.25) is 0 Å². The van der Waals surface area contributed by atoms with Crippen molar-refractivity contribution in [2.45, 2.75) is 20.0 Å². The van der Waals surface area contributed by atoms with Gasteiger partial charge in [0.15, 0.2) is 6.10 Å². The van der Waals surface area contributed by atoms with Gasteiger partial charge in [-0.2, -0.15) is 0 Å². The molecule has 12 heavy (non-hydrogen) atoms. The molecule has 0 aromatic rings. The Morgan fingerprint density at radius 1 is 1.58 bits per heavy atom. The molecule has 1 amide bonds. The van der Waals surface area contributed by atoms with Crippen LogP contribution in [0.4, 0.5) is 0 Å². The summed E-state index contributed by atoms with van der Waals surface area (Å²) in [6, 6.07) is 0. The van der Waals surface area contributed by atoms with Gasteiger partial charge < -0.3 is 15.2 Å². The molecule has 0 aliphatic rings. The molecule has 0 rings (SSSR count). The monoisotopic (exact) mass is 175 g/mol. The van der Waals surface area contributed by atoms with E-state index in [0.29, 0.717) is 6.54 Å². The van der Waals surface area contributed by atoms with Crippen LogP contribution in [-0.2, 0) is 14.3 Å². The second kappa shape index (κ2) is 5.54. The molecule has 0 aliphatic heterocycles. The van der Waals surface area contributed by atoms with Crippen molar-refractivity contribution in [2.24, 2.45) is 0 Å². The summed E-state index contributed by atoms with van der Waals surface area (Å²) in [6.45, 7) is 3.46. The average molecular weight is 175 g/mol. The number of carbonyl (C=O) groups is 2. The largest absolute Gasteiger partial charge is 0.479 e. The zero-order valence-corrected chi connectivity index (χ0v) is 7.16. The molecule has 0 aromatic carbocycles. The van der Waals surface area contributed by atoms with E-state index in [2.05, 4.69) is 5.32 Å². The van der Waals surface area contributed by atoms with Gasteiger partial charge in [-0.3, -0.25) is 4.79 Å². The van der Waals surface area contributed by atoms with Crippen LogP contribution in [0.25, 0.3) is 0 Å². The molecule has 1 atom stereocenters. The van der Waals surface area contributed by atoms with Crippen molar-refractivity contribution in [1.29, 1.82) is 0 Å². The summed E-state index contributed by atoms with van der Waals surface area (Å²) in [4.78, 5) is 21.0. The van der Waals surface area contributed by atoms with E-state index in [0.717, 1.165) is 0 Å². The van der Waals surface area contributed by atoms with E-state index >= 15 is 0 Å². The number of hydrogen-bond acceptors (Lipinski definition) is 3. The Labute approximate surface area is 70.7 Å². The minimum absolute atomic E-state index is 0.207. The minimum atomic E-state index is -1.07. The molecule has 0 aromatic heterocycles. The highest BCUT2D eigenvalue weighted by Gasteiger charge is 2.12. The van der Waals surface area contributed by atoms with E-state index in [-0.39, 0.29) is 12.5 Å². The van der Waals surface area contributed by atoms with Gasteiger partial charge in [-0.1, -0.05) is 0 Å². The number of carboxylic acids is 1. The van der Waals surface area contributed by atoms with Crippen LogP contribution in [-0.4, -0.2) is 36.2 Å². The van der Waals surface area contributed by atoms with Gasteiger partial charge in [-0.05, 0) is 13.8 Å². The Balaban J connectivity index is 3.54. The van der Waals surface area contributed by atoms with E-state index in [4.69, 9.17) is 9.84 Å². The number of likely N-dealkylation sites (N-methyl/N-ethyl adjacent to an activating group) is 1. The van der Waals surface area contributed by atoms with Crippen molar-refractivity contribution in [3.63, 3.8) is 0 Å². The van der Waals surface area contributed by atoms with Gasteiger partial charge in [0, 0.05) is 6.54 Å². The van der Waals surface area contributed by atoms with Crippen molar-refractivity contribution >= 4 is 11.9 Å². The summed E-state index contributed by atoms with van der Waals surface area (Å²) in [7, 11) is 0. The number of hydrogen-bond donors (Lipinski definition) is 2. The standard InChI is InChI=1S/C7H13NO4/c1-3-8-6(9)4-12-5(2)7(10)11/h5H,3-4H2,1-2H3,(H,8,9)(H,10,11). The van der Waals surface area contributed by atoms with Gasteiger partial charge in [-0.15, -0.1) is 0 Å². The second-order valence-electron chi connectivity index (χ2n) is 2.24. The topological polar surface area (TPSA) is 75.6 Å². The molecule has 0 saturated carbocycles. The number of nitrogens with one attached hydrogen (secondary N) is 1. The molecule has 70 valence electrons. The highest BCUT2D eigenvalue weighted by Crippen LogP contribution is 1.89. The molecule has 0 radical (unpaired) electrons. The molecule has 0 fully saturated rings. The molecule has 0 aliphatic carbocycles. The number of ether oxygens (including phenoxy) is 1. The Hall–Kier alpha value is -1.10. The first-order valence-electron chi connectivity index (χ1n) is 3.69. The Bertz CT molecular complexity index is 169. The van der Waals surface area contributed by atoms with Gasteiger partial charge >= 0.3 is 5.97 Å². The third-order valence-corrected chi connectivity index (χ3v) is 1.19. The minimum Gasteiger partial charge on any atom is -0.479 e. The highest BCUT2D eigenvalue weighted by molar-refractivity contribution is 5.78. The first-order valence-corrected chi connectivity index (χ1v) is 3.69. The molecule has 0 heterocycles. The fourth-order valence-corrected chi connectivity index (χ4v) is 0.520. The maximum Gasteiger partial charge on any atom is 0.332 e. The molecule has 0 bridgehead atoms. The predicted molar refractivity (Wildman–Crippen MR) is 41.7 cm³/mol. The van der Waals surface area contributed by atoms with Gasteiger partial charge in [-0.25, -0.2) is 4.79 Å². The number of carbonyl (C=O) groups excluding carboxylic acids is 1. The first-order chi connectivity index (χ1) is 5.57. The zero-order chi connectivity index (χ0) is 9.56. The van der Waals surface area contributed by atoms with E-state index in [1.807, 2.05) is 0 Å². The smallest absolute Gasteiger partial charge is 0.332 e. The van der Waals surface area contributed by atoms with Crippen LogP contribution >= 0.6 is 0 Å². The van der Waals surface area contributed by atoms with Crippen LogP contribution in [0.3, 0.4) is 0 Å². The zero-order valence-electron chi connectivity index (χ0n) is 7.16. The van der Waals surface area contributed by atoms with Crippen LogP contribution in [0.15, 0.2) is 0 Å². The van der Waals surface area contributed by atoms with Crippen molar-refractivity contribution in [3.8, 4) is 0 Å². The van der Waals surface area contributed by atoms with Crippen LogP contribution in [0.1, 0.15) is 13.8 Å². The van der Waals surface area contributed by atoms with Gasteiger partial charge in [0.05, 0.1) is 0 Å². The lowest BCUT2D eigenvalue weighted by Crippen LogP contribution is -2.31. The summed E-state index contributed by atoms with van der Waals surface area (Å²) >= 11 is 0. The van der Waals surface area contributed by atoms with Crippen LogP contribution in [0.5, 0.6) is 0 Å². The summed E-state index contributed by atoms with van der Waals surface area (Å²) in [5, 5.41) is 10.9. The average Bonchev–Trinajstić information content (AvgIpc) is 2.00. The Morgan fingerprint density at radius 2 is 2.17 bits per heavy atom. The lowest BCUT2D eigenvalue weighted by atomic mass is 10.4. The van der Waals surface area contributed by atoms with E-state index in [1.54, 1.807) is 6.92 Å². The molecule has 0 saturated heterocycles. The lowest BCUT2D eigenvalue weighted by Gasteiger charge is -2.07. The lowest BCUT2D eigenvalue weighted by molar-refractivity contribution is -0.150. The number of carboxylic acid groups (broad SMARTS) is 1. The fraction of sp³-hybridized carbons (Fsp3) is 0.714. The molecule has 5 heteroatoms. The number of amides is 1. The second-order valence-corrected chi connectivity index (χ2v) is 2.24. The number of aliphatic carboxylic acids is 1. The molecule has 1 unspecified atom stereocenters. The summed E-state index contributed by atoms with van der Waals surface area (Å²) in [5.41, 5.74) is 0. The van der Waals surface area contributed by atoms with E-state index in [1.165, 1.54) is 6.92 Å². The predicted octanol–water partition coefficient (Wildman–Crippen LogP) is -0.388. The Kier molecular flexibility index (Phi) is 5.03. The molecule has 2 N–H and O–H groups in total. The van der Waals surface area contributed by atoms with Gasteiger partial charge in [0.1, 0.15) is 6.61 Å². The van der Waals surface area contributed by atoms with Gasteiger partial charge in [0.25, 0.3) is 0 Å². The molecule has 0 spiro atoms. The first kappa shape index (κ1) is 10.9. The molecule has 5 nitrogen and oxygen atoms in total. The van der Waals surface area contributed by atoms with Crippen LogP contribution in [0, 0.1) is 0 Å². The molecular weight excluding hydrogens is 162 g/mol. The quantitative estimate of drug-likeness (QED) is 0.596. The highest BCUT2D eigenvalue weighted by atomic mass is 16.5. The summed E-state index contributed by atoms with van der Waals surface area (Å²) < 4.78 is 4.71. The SMILES string of the molecule is CCNC(=O)COC(C)C(=O)O. The maximum atomic E-state index is 10.7. The summed E-state index contributed by atoms with van der Waals surface area (Å²) in [5.74, 6) is -1.37. The number of rotatable bonds is 5. The van der Waals surface area contributed by atoms with E-state index in [9.17, 15) is 9.59 Å². The molecular formula is C7H13NO4. The Morgan fingerprint density at radius 3 is 2.58 bits per heavy atom. The van der Waals surface area contributed by atoms with Gasteiger partial charge in [0.2, 0.25) is 5.91 Å². The van der Waals surface area contributed by atoms with Crippen molar-refractivity contribution in [3.05, 3.63) is 0 Å². The summed E-state index contributed by atoms with van der Waals surface area (Å²) in [6.07, 6.45) is -0.937. The van der Waals surface area contributed by atoms with Crippen molar-refractivity contribution in [2.75, 3.05) is 13.2 Å². The van der Waals surface area contributed by atoms with Crippen molar-refractivity contribution in [1.82, 2.24) is 5.32 Å². The maximum absolute atomic E-state index is 10.7. The third-order valence-electron chi connectivity index (χ3n) is 1.19. The van der Waals surface area contributed by atoms with Crippen molar-refractivity contribution < 1.29 is 19.4 Å². The fourth-order valence-electron chi connectivity index (χ4n) is 0.520. The third kappa shape index (κ3) is 4.68. The van der Waals surface area contributed by atoms with Crippen LogP contribution < -0.4 is 5.32 Å². The normalized spacial score (nSPS) is 12.2. The van der Waals surface area contributed by atoms with E-state index < -0.39 is 12.1 Å².